The molecule has 1 saturated heterocycles. The van der Waals surface area contributed by atoms with E-state index >= 15 is 0 Å². The molecule has 1 spiro atoms. The number of rotatable bonds is 5. The number of nitrogens with one attached hydrogen (secondary N) is 1. The Morgan fingerprint density at radius 1 is 1.24 bits per heavy atom. The van der Waals surface area contributed by atoms with Crippen molar-refractivity contribution in [2.24, 2.45) is 5.10 Å². The van der Waals surface area contributed by atoms with E-state index in [0.717, 1.165) is 24.3 Å². The molecule has 7 heteroatoms. The Hall–Kier alpha value is -2.57. The predicted octanol–water partition coefficient (Wildman–Crippen LogP) is 2.68. The number of hydrazone groups is 1. The molecule has 1 aliphatic heterocycles. The first-order chi connectivity index (χ1) is 12.1. The Labute approximate surface area is 147 Å². The standard InChI is InChI=1S/C18H23N3O4/c1-3-25-14-8-7-13(11-15(14)24-2)12-19-21-16(22)18(20-17(21)23)9-5-4-6-10-18/h7-8,11-12H,3-6,9-10H2,1-2H3,(H,20,23)/b19-12-. The molecule has 0 radical (unpaired) electrons. The fourth-order valence-electron chi connectivity index (χ4n) is 3.37. The summed E-state index contributed by atoms with van der Waals surface area (Å²) in [4.78, 5) is 24.8. The van der Waals surface area contributed by atoms with Gasteiger partial charge in [0, 0.05) is 0 Å². The summed E-state index contributed by atoms with van der Waals surface area (Å²) in [5.41, 5.74) is -0.0473. The van der Waals surface area contributed by atoms with Gasteiger partial charge in [0.15, 0.2) is 11.5 Å². The van der Waals surface area contributed by atoms with E-state index in [1.807, 2.05) is 6.92 Å². The summed E-state index contributed by atoms with van der Waals surface area (Å²) >= 11 is 0. The number of ether oxygens (including phenoxy) is 2. The monoisotopic (exact) mass is 345 g/mol. The van der Waals surface area contributed by atoms with Crippen molar-refractivity contribution in [3.63, 3.8) is 0 Å². The zero-order chi connectivity index (χ0) is 17.9. The molecule has 25 heavy (non-hydrogen) atoms. The fourth-order valence-corrected chi connectivity index (χ4v) is 3.37. The number of carbonyl (C=O) groups excluding carboxylic acids is 2. The summed E-state index contributed by atoms with van der Waals surface area (Å²) in [5, 5.41) is 7.88. The highest BCUT2D eigenvalue weighted by molar-refractivity contribution is 6.07. The van der Waals surface area contributed by atoms with Crippen LogP contribution in [-0.2, 0) is 4.79 Å². The van der Waals surface area contributed by atoms with Crippen LogP contribution in [0.4, 0.5) is 4.79 Å². The normalized spacial score (nSPS) is 19.5. The van der Waals surface area contributed by atoms with Crippen molar-refractivity contribution in [1.29, 1.82) is 0 Å². The Morgan fingerprint density at radius 3 is 2.68 bits per heavy atom. The highest BCUT2D eigenvalue weighted by Crippen LogP contribution is 2.34. The first kappa shape index (κ1) is 17.3. The van der Waals surface area contributed by atoms with Gasteiger partial charge in [0.1, 0.15) is 5.54 Å². The van der Waals surface area contributed by atoms with Crippen LogP contribution in [-0.4, -0.2) is 42.4 Å². The van der Waals surface area contributed by atoms with Crippen LogP contribution in [0.2, 0.25) is 0 Å². The van der Waals surface area contributed by atoms with E-state index in [1.54, 1.807) is 25.3 Å². The minimum atomic E-state index is -0.761. The summed E-state index contributed by atoms with van der Waals surface area (Å²) in [7, 11) is 1.56. The zero-order valence-corrected chi connectivity index (χ0v) is 14.6. The Balaban J connectivity index is 1.77. The van der Waals surface area contributed by atoms with E-state index in [4.69, 9.17) is 9.47 Å². The van der Waals surface area contributed by atoms with Crippen LogP contribution in [0.5, 0.6) is 11.5 Å². The molecular formula is C18H23N3O4. The second-order valence-corrected chi connectivity index (χ2v) is 6.28. The van der Waals surface area contributed by atoms with Crippen molar-refractivity contribution in [2.45, 2.75) is 44.6 Å². The van der Waals surface area contributed by atoms with Gasteiger partial charge in [-0.2, -0.15) is 5.10 Å². The van der Waals surface area contributed by atoms with Crippen LogP contribution < -0.4 is 14.8 Å². The SMILES string of the molecule is CCOc1ccc(/C=N\N2C(=O)NC3(CCCCC3)C2=O)cc1OC. The Morgan fingerprint density at radius 2 is 2.00 bits per heavy atom. The zero-order valence-electron chi connectivity index (χ0n) is 14.6. The number of amides is 3. The molecule has 3 amide bonds. The first-order valence-corrected chi connectivity index (χ1v) is 8.61. The third-order valence-corrected chi connectivity index (χ3v) is 4.66. The summed E-state index contributed by atoms with van der Waals surface area (Å²) < 4.78 is 10.8. The van der Waals surface area contributed by atoms with Crippen molar-refractivity contribution >= 4 is 18.2 Å². The average molecular weight is 345 g/mol. The molecule has 1 aromatic carbocycles. The van der Waals surface area contributed by atoms with E-state index in [-0.39, 0.29) is 5.91 Å². The minimum Gasteiger partial charge on any atom is -0.493 e. The van der Waals surface area contributed by atoms with E-state index in [9.17, 15) is 9.59 Å². The Bertz CT molecular complexity index is 696. The maximum atomic E-state index is 12.7. The van der Waals surface area contributed by atoms with Gasteiger partial charge in [-0.25, -0.2) is 4.79 Å². The molecule has 134 valence electrons. The van der Waals surface area contributed by atoms with Crippen molar-refractivity contribution in [3.8, 4) is 11.5 Å². The molecule has 0 unspecified atom stereocenters. The third-order valence-electron chi connectivity index (χ3n) is 4.66. The summed E-state index contributed by atoms with van der Waals surface area (Å²) in [6, 6.07) is 4.87. The molecule has 1 aromatic rings. The van der Waals surface area contributed by atoms with Gasteiger partial charge in [0.25, 0.3) is 5.91 Å². The van der Waals surface area contributed by atoms with Gasteiger partial charge < -0.3 is 14.8 Å². The molecule has 2 fully saturated rings. The molecule has 0 atom stereocenters. The average Bonchev–Trinajstić information content (AvgIpc) is 2.85. The predicted molar refractivity (Wildman–Crippen MR) is 93.0 cm³/mol. The lowest BCUT2D eigenvalue weighted by Gasteiger charge is -2.29. The van der Waals surface area contributed by atoms with Crippen LogP contribution in [0.1, 0.15) is 44.6 Å². The minimum absolute atomic E-state index is 0.258. The highest BCUT2D eigenvalue weighted by Gasteiger charge is 2.51. The van der Waals surface area contributed by atoms with Crippen LogP contribution in [0.15, 0.2) is 23.3 Å². The summed E-state index contributed by atoms with van der Waals surface area (Å²) in [6.45, 7) is 2.43. The smallest absolute Gasteiger partial charge is 0.346 e. The van der Waals surface area contributed by atoms with Crippen LogP contribution in [0, 0.1) is 0 Å². The molecule has 1 saturated carbocycles. The van der Waals surface area contributed by atoms with Gasteiger partial charge in [-0.05, 0) is 43.5 Å². The number of nitrogens with zero attached hydrogens (tertiary/aromatic N) is 2. The lowest BCUT2D eigenvalue weighted by Crippen LogP contribution is -2.48. The van der Waals surface area contributed by atoms with Gasteiger partial charge in [0.05, 0.1) is 19.9 Å². The number of hydrogen-bond donors (Lipinski definition) is 1. The van der Waals surface area contributed by atoms with Crippen molar-refractivity contribution in [3.05, 3.63) is 23.8 Å². The lowest BCUT2D eigenvalue weighted by atomic mass is 9.82. The number of benzene rings is 1. The number of imide groups is 1. The summed E-state index contributed by atoms with van der Waals surface area (Å²) in [5.74, 6) is 0.955. The van der Waals surface area contributed by atoms with E-state index in [0.29, 0.717) is 36.5 Å². The number of hydrogen-bond acceptors (Lipinski definition) is 5. The van der Waals surface area contributed by atoms with Crippen molar-refractivity contribution in [2.75, 3.05) is 13.7 Å². The van der Waals surface area contributed by atoms with Crippen LogP contribution >= 0.6 is 0 Å². The number of methoxy groups -OCH3 is 1. The highest BCUT2D eigenvalue weighted by atomic mass is 16.5. The first-order valence-electron chi connectivity index (χ1n) is 8.61. The fraction of sp³-hybridized carbons (Fsp3) is 0.500. The maximum Gasteiger partial charge on any atom is 0.346 e. The van der Waals surface area contributed by atoms with Gasteiger partial charge in [-0.1, -0.05) is 19.3 Å². The van der Waals surface area contributed by atoms with E-state index in [2.05, 4.69) is 10.4 Å². The molecular weight excluding hydrogens is 322 g/mol. The van der Waals surface area contributed by atoms with Gasteiger partial charge in [-0.15, -0.1) is 5.01 Å². The quantitative estimate of drug-likeness (QED) is 0.657. The number of carbonyl (C=O) groups is 2. The third kappa shape index (κ3) is 3.31. The molecule has 0 bridgehead atoms. The molecule has 0 aromatic heterocycles. The van der Waals surface area contributed by atoms with Crippen LogP contribution in [0.3, 0.4) is 0 Å². The van der Waals surface area contributed by atoms with Crippen molar-refractivity contribution in [1.82, 2.24) is 10.3 Å². The molecule has 2 aliphatic rings. The summed E-state index contributed by atoms with van der Waals surface area (Å²) in [6.07, 6.45) is 5.83. The molecule has 3 rings (SSSR count). The van der Waals surface area contributed by atoms with Gasteiger partial charge >= 0.3 is 6.03 Å². The Kier molecular flexibility index (Phi) is 4.92. The molecule has 1 aliphatic carbocycles. The molecule has 1 N–H and O–H groups in total. The van der Waals surface area contributed by atoms with E-state index < -0.39 is 11.6 Å². The second kappa shape index (κ2) is 7.13. The van der Waals surface area contributed by atoms with Gasteiger partial charge in [-0.3, -0.25) is 4.79 Å². The largest absolute Gasteiger partial charge is 0.493 e. The van der Waals surface area contributed by atoms with Crippen molar-refractivity contribution < 1.29 is 19.1 Å². The second-order valence-electron chi connectivity index (χ2n) is 6.28. The topological polar surface area (TPSA) is 80.2 Å². The van der Waals surface area contributed by atoms with E-state index in [1.165, 1.54) is 6.21 Å². The maximum absolute atomic E-state index is 12.7. The molecule has 1 heterocycles. The lowest BCUT2D eigenvalue weighted by molar-refractivity contribution is -0.132. The molecule has 7 nitrogen and oxygen atoms in total. The van der Waals surface area contributed by atoms with Gasteiger partial charge in [0.2, 0.25) is 0 Å². The van der Waals surface area contributed by atoms with Crippen LogP contribution in [0.25, 0.3) is 0 Å². The number of urea groups is 1.